The first kappa shape index (κ1) is 23.7. The molecule has 1 atom stereocenters. The average Bonchev–Trinajstić information content (AvgIpc) is 2.82. The van der Waals surface area contributed by atoms with Gasteiger partial charge in [0.15, 0.2) is 0 Å². The highest BCUT2D eigenvalue weighted by Crippen LogP contribution is 2.26. The van der Waals surface area contributed by atoms with Gasteiger partial charge in [-0.2, -0.15) is 4.31 Å². The molecule has 0 aromatic heterocycles. The summed E-state index contributed by atoms with van der Waals surface area (Å²) in [6.07, 6.45) is 3.58. The van der Waals surface area contributed by atoms with Crippen LogP contribution in [-0.4, -0.2) is 62.9 Å². The quantitative estimate of drug-likeness (QED) is 0.698. The van der Waals surface area contributed by atoms with Crippen LogP contribution in [-0.2, 0) is 14.8 Å². The molecule has 1 N–H and O–H groups in total. The number of hydrogen-bond donors (Lipinski definition) is 1. The zero-order valence-electron chi connectivity index (χ0n) is 19.4. The standard InChI is InChI=1S/C25H33N3O4S/c1-19-5-11-24(12-6-19)33(30,31)28-15-3-4-20(18-28)25(29)26-21-7-9-22(10-8-21)32-23-13-16-27(2)17-14-23/h5-12,20,23H,3-4,13-18H2,1-2H3,(H,26,29)/t20-/m1/s1. The first-order valence-corrected chi connectivity index (χ1v) is 13.1. The number of likely N-dealkylation sites (tertiary alicyclic amines) is 1. The van der Waals surface area contributed by atoms with Crippen molar-refractivity contribution < 1.29 is 17.9 Å². The van der Waals surface area contributed by atoms with E-state index in [0.29, 0.717) is 25.1 Å². The van der Waals surface area contributed by atoms with Crippen molar-refractivity contribution in [1.29, 1.82) is 0 Å². The van der Waals surface area contributed by atoms with Crippen molar-refractivity contribution in [3.8, 4) is 5.75 Å². The van der Waals surface area contributed by atoms with Crippen LogP contribution >= 0.6 is 0 Å². The highest BCUT2D eigenvalue weighted by molar-refractivity contribution is 7.89. The average molecular weight is 472 g/mol. The number of carbonyl (C=O) groups excluding carboxylic acids is 1. The van der Waals surface area contributed by atoms with Crippen LogP contribution in [0.3, 0.4) is 0 Å². The Hall–Kier alpha value is -2.42. The van der Waals surface area contributed by atoms with E-state index in [4.69, 9.17) is 4.74 Å². The van der Waals surface area contributed by atoms with Gasteiger partial charge >= 0.3 is 0 Å². The second-order valence-electron chi connectivity index (χ2n) is 9.15. The highest BCUT2D eigenvalue weighted by Gasteiger charge is 2.33. The SMILES string of the molecule is Cc1ccc(S(=O)(=O)N2CCC[C@@H](C(=O)Nc3ccc(OC4CCN(C)CC4)cc3)C2)cc1. The number of benzene rings is 2. The Balaban J connectivity index is 1.34. The molecule has 2 aliphatic rings. The van der Waals surface area contributed by atoms with Crippen molar-refractivity contribution in [3.63, 3.8) is 0 Å². The van der Waals surface area contributed by atoms with Crippen molar-refractivity contribution >= 4 is 21.6 Å². The van der Waals surface area contributed by atoms with E-state index in [1.807, 2.05) is 31.2 Å². The lowest BCUT2D eigenvalue weighted by atomic mass is 9.98. The first-order valence-electron chi connectivity index (χ1n) is 11.6. The maximum absolute atomic E-state index is 13.0. The number of amides is 1. The van der Waals surface area contributed by atoms with Gasteiger partial charge in [-0.1, -0.05) is 17.7 Å². The third kappa shape index (κ3) is 5.93. The predicted molar refractivity (Wildman–Crippen MR) is 129 cm³/mol. The number of aryl methyl sites for hydroxylation is 1. The van der Waals surface area contributed by atoms with Gasteiger partial charge in [-0.3, -0.25) is 4.79 Å². The number of hydrogen-bond acceptors (Lipinski definition) is 5. The molecule has 33 heavy (non-hydrogen) atoms. The Morgan fingerprint density at radius 2 is 1.64 bits per heavy atom. The normalized spacial score (nSPS) is 21.0. The summed E-state index contributed by atoms with van der Waals surface area (Å²) in [4.78, 5) is 15.5. The van der Waals surface area contributed by atoms with Gasteiger partial charge in [-0.25, -0.2) is 8.42 Å². The van der Waals surface area contributed by atoms with Crippen LogP contribution in [0.5, 0.6) is 5.75 Å². The summed E-state index contributed by atoms with van der Waals surface area (Å²) in [5.41, 5.74) is 1.70. The van der Waals surface area contributed by atoms with Crippen molar-refractivity contribution in [2.45, 2.75) is 43.6 Å². The molecule has 0 radical (unpaired) electrons. The molecule has 2 saturated heterocycles. The number of nitrogens with one attached hydrogen (secondary N) is 1. The molecular formula is C25H33N3O4S. The highest BCUT2D eigenvalue weighted by atomic mass is 32.2. The summed E-state index contributed by atoms with van der Waals surface area (Å²) in [5, 5.41) is 2.94. The van der Waals surface area contributed by atoms with Crippen LogP contribution in [0.25, 0.3) is 0 Å². The molecule has 4 rings (SSSR count). The molecule has 2 aliphatic heterocycles. The third-order valence-corrected chi connectivity index (χ3v) is 8.38. The third-order valence-electron chi connectivity index (χ3n) is 6.50. The van der Waals surface area contributed by atoms with E-state index in [9.17, 15) is 13.2 Å². The van der Waals surface area contributed by atoms with Gasteiger partial charge in [-0.15, -0.1) is 0 Å². The van der Waals surface area contributed by atoms with Gasteiger partial charge in [-0.05, 0) is 76.1 Å². The lowest BCUT2D eigenvalue weighted by Crippen LogP contribution is -2.43. The molecule has 8 heteroatoms. The smallest absolute Gasteiger partial charge is 0.243 e. The Bertz CT molecular complexity index is 1050. The second kappa shape index (κ2) is 10.2. The molecular weight excluding hydrogens is 438 g/mol. The summed E-state index contributed by atoms with van der Waals surface area (Å²) in [5.74, 6) is 0.271. The fourth-order valence-corrected chi connectivity index (χ4v) is 5.91. The fourth-order valence-electron chi connectivity index (χ4n) is 4.39. The molecule has 0 unspecified atom stereocenters. The maximum Gasteiger partial charge on any atom is 0.243 e. The lowest BCUT2D eigenvalue weighted by Gasteiger charge is -2.31. The largest absolute Gasteiger partial charge is 0.490 e. The summed E-state index contributed by atoms with van der Waals surface area (Å²) in [6, 6.07) is 14.3. The van der Waals surface area contributed by atoms with E-state index in [-0.39, 0.29) is 29.4 Å². The van der Waals surface area contributed by atoms with Gasteiger partial charge < -0.3 is 15.0 Å². The fraction of sp³-hybridized carbons (Fsp3) is 0.480. The van der Waals surface area contributed by atoms with Gasteiger partial charge in [0.1, 0.15) is 11.9 Å². The van der Waals surface area contributed by atoms with Gasteiger partial charge in [0.05, 0.1) is 10.8 Å². The number of sulfonamides is 1. The maximum atomic E-state index is 13.0. The number of carbonyl (C=O) groups is 1. The molecule has 0 bridgehead atoms. The molecule has 0 aliphatic carbocycles. The molecule has 178 valence electrons. The number of anilines is 1. The summed E-state index contributed by atoms with van der Waals surface area (Å²) >= 11 is 0. The zero-order chi connectivity index (χ0) is 23.4. The van der Waals surface area contributed by atoms with Crippen molar-refractivity contribution in [2.24, 2.45) is 5.92 Å². The summed E-state index contributed by atoms with van der Waals surface area (Å²) in [6.45, 7) is 4.63. The topological polar surface area (TPSA) is 79.0 Å². The van der Waals surface area contributed by atoms with Gasteiger partial charge in [0, 0.05) is 31.9 Å². The lowest BCUT2D eigenvalue weighted by molar-refractivity contribution is -0.120. The van der Waals surface area contributed by atoms with E-state index < -0.39 is 10.0 Å². The Morgan fingerprint density at radius 3 is 2.30 bits per heavy atom. The summed E-state index contributed by atoms with van der Waals surface area (Å²) in [7, 11) is -1.49. The number of piperidine rings is 2. The molecule has 0 saturated carbocycles. The van der Waals surface area contributed by atoms with Crippen molar-refractivity contribution in [2.75, 3.05) is 38.5 Å². The minimum absolute atomic E-state index is 0.150. The van der Waals surface area contributed by atoms with E-state index in [1.54, 1.807) is 24.3 Å². The first-order chi connectivity index (χ1) is 15.8. The van der Waals surface area contributed by atoms with E-state index in [1.165, 1.54) is 4.31 Å². The monoisotopic (exact) mass is 471 g/mol. The number of nitrogens with zero attached hydrogens (tertiary/aromatic N) is 2. The van der Waals surface area contributed by atoms with Crippen molar-refractivity contribution in [1.82, 2.24) is 9.21 Å². The second-order valence-corrected chi connectivity index (χ2v) is 11.1. The molecule has 2 fully saturated rings. The van der Waals surface area contributed by atoms with E-state index in [2.05, 4.69) is 17.3 Å². The molecule has 2 aromatic carbocycles. The van der Waals surface area contributed by atoms with Crippen LogP contribution < -0.4 is 10.1 Å². The van der Waals surface area contributed by atoms with Crippen LogP contribution in [0.15, 0.2) is 53.4 Å². The Morgan fingerprint density at radius 1 is 0.970 bits per heavy atom. The van der Waals surface area contributed by atoms with E-state index >= 15 is 0 Å². The van der Waals surface area contributed by atoms with Crippen LogP contribution in [0.4, 0.5) is 5.69 Å². The van der Waals surface area contributed by atoms with E-state index in [0.717, 1.165) is 37.2 Å². The Kier molecular flexibility index (Phi) is 7.36. The van der Waals surface area contributed by atoms with Gasteiger partial charge in [0.25, 0.3) is 0 Å². The molecule has 0 spiro atoms. The zero-order valence-corrected chi connectivity index (χ0v) is 20.2. The van der Waals surface area contributed by atoms with Crippen molar-refractivity contribution in [3.05, 3.63) is 54.1 Å². The molecule has 1 amide bonds. The molecule has 2 heterocycles. The number of rotatable bonds is 6. The van der Waals surface area contributed by atoms with Crippen LogP contribution in [0.1, 0.15) is 31.2 Å². The Labute approximate surface area is 196 Å². The minimum Gasteiger partial charge on any atom is -0.490 e. The number of ether oxygens (including phenoxy) is 1. The van der Waals surface area contributed by atoms with Gasteiger partial charge in [0.2, 0.25) is 15.9 Å². The minimum atomic E-state index is -3.61. The van der Waals surface area contributed by atoms with Crippen LogP contribution in [0, 0.1) is 12.8 Å². The summed E-state index contributed by atoms with van der Waals surface area (Å²) < 4.78 is 33.5. The molecule has 2 aromatic rings. The molecule has 7 nitrogen and oxygen atoms in total. The predicted octanol–water partition coefficient (Wildman–Crippen LogP) is 3.51. The van der Waals surface area contributed by atoms with Crippen LogP contribution in [0.2, 0.25) is 0 Å².